The zero-order valence-electron chi connectivity index (χ0n) is 22.1. The molecule has 1 amide bonds. The molecular weight excluding hydrogens is 509 g/mol. The summed E-state index contributed by atoms with van der Waals surface area (Å²) in [6.45, 7) is 5.97. The van der Waals surface area contributed by atoms with Crippen LogP contribution in [0.4, 0.5) is 10.1 Å². The second kappa shape index (κ2) is 12.1. The Morgan fingerprint density at radius 1 is 1.13 bits per heavy atom. The number of carbonyl (C=O) groups excluding carboxylic acids is 1. The second-order valence-electron chi connectivity index (χ2n) is 10.8. The number of likely N-dealkylation sites (tertiary alicyclic amines) is 1. The summed E-state index contributed by atoms with van der Waals surface area (Å²) < 4.78 is 47.0. The van der Waals surface area contributed by atoms with Gasteiger partial charge in [-0.2, -0.15) is 4.31 Å². The van der Waals surface area contributed by atoms with E-state index >= 15 is 0 Å². The first-order valence-corrected chi connectivity index (χ1v) is 14.8. The van der Waals surface area contributed by atoms with Crippen LogP contribution in [-0.4, -0.2) is 73.1 Å². The monoisotopic (exact) mass is 547 g/mol. The van der Waals surface area contributed by atoms with Crippen molar-refractivity contribution < 1.29 is 27.4 Å². The van der Waals surface area contributed by atoms with Gasteiger partial charge in [0.25, 0.3) is 0 Å². The summed E-state index contributed by atoms with van der Waals surface area (Å²) >= 11 is 0. The number of anilines is 1. The van der Waals surface area contributed by atoms with Gasteiger partial charge in [-0.25, -0.2) is 12.8 Å². The molecule has 10 heteroatoms. The van der Waals surface area contributed by atoms with Crippen molar-refractivity contribution in [2.24, 2.45) is 5.92 Å². The number of benzene rings is 2. The summed E-state index contributed by atoms with van der Waals surface area (Å²) in [5.74, 6) is 0.0381. The van der Waals surface area contributed by atoms with E-state index in [-0.39, 0.29) is 29.1 Å². The zero-order chi connectivity index (χ0) is 27.3. The molecule has 38 heavy (non-hydrogen) atoms. The van der Waals surface area contributed by atoms with Crippen molar-refractivity contribution in [1.29, 1.82) is 0 Å². The van der Waals surface area contributed by atoms with Gasteiger partial charge in [0.1, 0.15) is 23.3 Å². The van der Waals surface area contributed by atoms with Gasteiger partial charge >= 0.3 is 0 Å². The average Bonchev–Trinajstić information content (AvgIpc) is 2.88. The van der Waals surface area contributed by atoms with Crippen LogP contribution in [0.2, 0.25) is 0 Å². The molecule has 2 saturated heterocycles. The van der Waals surface area contributed by atoms with Gasteiger partial charge in [-0.1, -0.05) is 26.3 Å². The van der Waals surface area contributed by atoms with Crippen LogP contribution in [0.3, 0.4) is 0 Å². The normalized spacial score (nSPS) is 23.3. The Labute approximate surface area is 224 Å². The summed E-state index contributed by atoms with van der Waals surface area (Å²) in [5, 5.41) is 14.3. The smallest absolute Gasteiger partial charge is 0.243 e. The fourth-order valence-electron chi connectivity index (χ4n) is 5.31. The summed E-state index contributed by atoms with van der Waals surface area (Å²) in [6.07, 6.45) is 3.09. The number of carbonyl (C=O) groups is 1. The number of amides is 1. The molecular formula is C28H38FN3O5S. The SMILES string of the molecule is CC(C)C[C@]1(O)CCN(CC(=O)Nc2cccc(S(=O)(=O)N3CCCCC3)c2)C[C@@H]1Oc1ccc(F)cc1. The lowest BCUT2D eigenvalue weighted by atomic mass is 9.81. The van der Waals surface area contributed by atoms with Gasteiger partial charge < -0.3 is 15.2 Å². The fraction of sp³-hybridized carbons (Fsp3) is 0.536. The highest BCUT2D eigenvalue weighted by Crippen LogP contribution is 2.32. The van der Waals surface area contributed by atoms with Crippen molar-refractivity contribution in [1.82, 2.24) is 9.21 Å². The van der Waals surface area contributed by atoms with E-state index in [0.717, 1.165) is 19.3 Å². The molecule has 2 aliphatic heterocycles. The van der Waals surface area contributed by atoms with Gasteiger partial charge in [-0.3, -0.25) is 9.69 Å². The lowest BCUT2D eigenvalue weighted by Gasteiger charge is -2.45. The number of nitrogens with zero attached hydrogens (tertiary/aromatic N) is 2. The molecule has 0 bridgehead atoms. The van der Waals surface area contributed by atoms with E-state index in [1.54, 1.807) is 18.2 Å². The molecule has 0 aliphatic carbocycles. The van der Waals surface area contributed by atoms with Crippen LogP contribution < -0.4 is 10.1 Å². The number of aliphatic hydroxyl groups is 1. The maximum absolute atomic E-state index is 13.4. The predicted octanol–water partition coefficient (Wildman–Crippen LogP) is 3.87. The van der Waals surface area contributed by atoms with Crippen molar-refractivity contribution in [3.63, 3.8) is 0 Å². The van der Waals surface area contributed by atoms with Crippen LogP contribution in [0.15, 0.2) is 53.4 Å². The molecule has 208 valence electrons. The summed E-state index contributed by atoms with van der Waals surface area (Å²) in [4.78, 5) is 15.0. The first kappa shape index (κ1) is 28.5. The maximum Gasteiger partial charge on any atom is 0.243 e. The number of sulfonamides is 1. The molecule has 2 fully saturated rings. The number of rotatable bonds is 9. The molecule has 0 unspecified atom stereocenters. The topological polar surface area (TPSA) is 99.2 Å². The summed E-state index contributed by atoms with van der Waals surface area (Å²) in [7, 11) is -3.61. The van der Waals surface area contributed by atoms with Crippen molar-refractivity contribution in [2.75, 3.05) is 38.0 Å². The van der Waals surface area contributed by atoms with Crippen LogP contribution in [-0.2, 0) is 14.8 Å². The van der Waals surface area contributed by atoms with Crippen molar-refractivity contribution in [2.45, 2.75) is 62.6 Å². The molecule has 2 heterocycles. The number of halogens is 1. The Kier molecular flexibility index (Phi) is 9.07. The minimum Gasteiger partial charge on any atom is -0.486 e. The Hall–Kier alpha value is -2.53. The Morgan fingerprint density at radius 3 is 2.53 bits per heavy atom. The number of ether oxygens (including phenoxy) is 1. The van der Waals surface area contributed by atoms with Crippen LogP contribution in [0.1, 0.15) is 46.0 Å². The third-order valence-electron chi connectivity index (χ3n) is 7.18. The van der Waals surface area contributed by atoms with Crippen LogP contribution in [0.25, 0.3) is 0 Å². The highest BCUT2D eigenvalue weighted by molar-refractivity contribution is 7.89. The largest absolute Gasteiger partial charge is 0.486 e. The van der Waals surface area contributed by atoms with Crippen molar-refractivity contribution >= 4 is 21.6 Å². The molecule has 8 nitrogen and oxygen atoms in total. The minimum atomic E-state index is -3.61. The average molecular weight is 548 g/mol. The molecule has 0 radical (unpaired) electrons. The fourth-order valence-corrected chi connectivity index (χ4v) is 6.87. The van der Waals surface area contributed by atoms with E-state index in [4.69, 9.17) is 4.74 Å². The molecule has 2 aromatic carbocycles. The highest BCUT2D eigenvalue weighted by Gasteiger charge is 2.44. The number of nitrogens with one attached hydrogen (secondary N) is 1. The Balaban J connectivity index is 1.41. The van der Waals surface area contributed by atoms with Gasteiger partial charge in [0, 0.05) is 31.9 Å². The van der Waals surface area contributed by atoms with E-state index < -0.39 is 21.7 Å². The standard InChI is InChI=1S/C28H38FN3O5S/c1-21(2)18-28(34)13-16-31(19-26(28)37-24-11-9-22(29)10-12-24)20-27(33)30-23-7-6-8-25(17-23)38(35,36)32-14-4-3-5-15-32/h6-12,17,21,26,34H,3-5,13-16,18-20H2,1-2H3,(H,30,33)/t26-,28+/m0/s1. The molecule has 2 N–H and O–H groups in total. The third kappa shape index (κ3) is 7.11. The Bertz CT molecular complexity index is 1200. The number of hydrogen-bond acceptors (Lipinski definition) is 6. The first-order chi connectivity index (χ1) is 18.0. The molecule has 2 atom stereocenters. The molecule has 2 aromatic rings. The van der Waals surface area contributed by atoms with Gasteiger partial charge in [0.15, 0.2) is 0 Å². The van der Waals surface area contributed by atoms with E-state index in [1.165, 1.54) is 34.6 Å². The molecule has 4 rings (SSSR count). The summed E-state index contributed by atoms with van der Waals surface area (Å²) in [5.41, 5.74) is -0.660. The lowest BCUT2D eigenvalue weighted by molar-refractivity contribution is -0.129. The van der Waals surface area contributed by atoms with Crippen molar-refractivity contribution in [3.05, 3.63) is 54.3 Å². The van der Waals surface area contributed by atoms with Crippen LogP contribution in [0, 0.1) is 11.7 Å². The Morgan fingerprint density at radius 2 is 1.84 bits per heavy atom. The third-order valence-corrected chi connectivity index (χ3v) is 9.07. The summed E-state index contributed by atoms with van der Waals surface area (Å²) in [6, 6.07) is 12.0. The van der Waals surface area contributed by atoms with E-state index in [1.807, 2.05) is 18.7 Å². The first-order valence-electron chi connectivity index (χ1n) is 13.3. The number of hydrogen-bond donors (Lipinski definition) is 2. The highest BCUT2D eigenvalue weighted by atomic mass is 32.2. The second-order valence-corrected chi connectivity index (χ2v) is 12.7. The number of piperidine rings is 2. The van der Waals surface area contributed by atoms with Gasteiger partial charge in [0.2, 0.25) is 15.9 Å². The molecule has 0 spiro atoms. The molecule has 0 saturated carbocycles. The quantitative estimate of drug-likeness (QED) is 0.495. The van der Waals surface area contributed by atoms with Gasteiger partial charge in [0.05, 0.1) is 11.4 Å². The van der Waals surface area contributed by atoms with Crippen LogP contribution >= 0.6 is 0 Å². The molecule has 2 aliphatic rings. The van der Waals surface area contributed by atoms with E-state index in [9.17, 15) is 22.7 Å². The van der Waals surface area contributed by atoms with Gasteiger partial charge in [-0.05, 0) is 74.1 Å². The van der Waals surface area contributed by atoms with Gasteiger partial charge in [-0.15, -0.1) is 0 Å². The maximum atomic E-state index is 13.4. The molecule has 0 aromatic heterocycles. The van der Waals surface area contributed by atoms with Crippen molar-refractivity contribution in [3.8, 4) is 5.75 Å². The predicted molar refractivity (Wildman–Crippen MR) is 144 cm³/mol. The minimum absolute atomic E-state index is 0.0597. The van der Waals surface area contributed by atoms with E-state index in [2.05, 4.69) is 5.32 Å². The zero-order valence-corrected chi connectivity index (χ0v) is 22.9. The van der Waals surface area contributed by atoms with E-state index in [0.29, 0.717) is 50.5 Å². The van der Waals surface area contributed by atoms with Crippen LogP contribution in [0.5, 0.6) is 5.75 Å². The lowest BCUT2D eigenvalue weighted by Crippen LogP contribution is -2.59.